The van der Waals surface area contributed by atoms with Gasteiger partial charge in [0, 0.05) is 25.2 Å². The molecule has 4 aliphatic rings. The summed E-state index contributed by atoms with van der Waals surface area (Å²) in [6.07, 6.45) is 6.74. The third-order valence-electron chi connectivity index (χ3n) is 5.63. The Kier molecular flexibility index (Phi) is 2.43. The number of fused-ring (bicyclic) bond motifs is 1. The fourth-order valence-electron chi connectivity index (χ4n) is 5.10. The zero-order chi connectivity index (χ0) is 12.4. The molecule has 0 N–H and O–H groups in total. The monoisotopic (exact) mass is 252 g/mol. The Balaban J connectivity index is 2.03. The van der Waals surface area contributed by atoms with Crippen molar-refractivity contribution in [3.8, 4) is 0 Å². The van der Waals surface area contributed by atoms with Gasteiger partial charge in [0.05, 0.1) is 20.3 Å². The Bertz CT molecular complexity index is 360. The van der Waals surface area contributed by atoms with E-state index in [1.165, 1.54) is 6.42 Å². The minimum Gasteiger partial charge on any atom is -0.381 e. The van der Waals surface area contributed by atoms with Gasteiger partial charge in [-0.05, 0) is 18.3 Å². The summed E-state index contributed by atoms with van der Waals surface area (Å²) in [4.78, 5) is 0. The third kappa shape index (κ3) is 1.23. The quantitative estimate of drug-likeness (QED) is 0.568. The molecule has 2 saturated carbocycles. The Labute approximate surface area is 105 Å². The van der Waals surface area contributed by atoms with Crippen molar-refractivity contribution < 1.29 is 9.47 Å². The fourth-order valence-corrected chi connectivity index (χ4v) is 8.91. The number of allylic oxidation sites excluding steroid dienone is 1. The van der Waals surface area contributed by atoms with Crippen LogP contribution in [0, 0.1) is 17.8 Å². The second-order valence-corrected chi connectivity index (χ2v) is 12.3. The largest absolute Gasteiger partial charge is 0.381 e. The maximum Gasteiger partial charge on any atom is 0.0805 e. The minimum absolute atomic E-state index is 0.271. The first kappa shape index (κ1) is 11.9. The average molecular weight is 252 g/mol. The highest BCUT2D eigenvalue weighted by Gasteiger charge is 2.78. The first-order valence-corrected chi connectivity index (χ1v) is 10.2. The van der Waals surface area contributed by atoms with Crippen molar-refractivity contribution in [3.63, 3.8) is 0 Å². The second-order valence-electron chi connectivity index (χ2n) is 6.96. The smallest absolute Gasteiger partial charge is 0.0805 e. The lowest BCUT2D eigenvalue weighted by Crippen LogP contribution is -2.43. The van der Waals surface area contributed by atoms with Gasteiger partial charge in [-0.3, -0.25) is 0 Å². The summed E-state index contributed by atoms with van der Waals surface area (Å²) in [5.41, 5.74) is 0. The van der Waals surface area contributed by atoms with Crippen LogP contribution in [0.15, 0.2) is 12.2 Å². The van der Waals surface area contributed by atoms with Gasteiger partial charge < -0.3 is 9.47 Å². The minimum atomic E-state index is -1.22. The van der Waals surface area contributed by atoms with E-state index in [1.807, 2.05) is 14.2 Å². The highest BCUT2D eigenvalue weighted by atomic mass is 28.3. The fraction of sp³-hybridized carbons (Fsp3) is 0.857. The Morgan fingerprint density at radius 1 is 1.12 bits per heavy atom. The summed E-state index contributed by atoms with van der Waals surface area (Å²) < 4.78 is 11.6. The normalized spacial score (nSPS) is 51.5. The van der Waals surface area contributed by atoms with Crippen LogP contribution in [-0.4, -0.2) is 34.5 Å². The molecule has 0 saturated heterocycles. The highest BCUT2D eigenvalue weighted by Crippen LogP contribution is 2.81. The zero-order valence-electron chi connectivity index (χ0n) is 11.6. The summed E-state index contributed by atoms with van der Waals surface area (Å²) in [5.74, 6) is 2.23. The molecular weight excluding hydrogens is 228 g/mol. The van der Waals surface area contributed by atoms with Crippen LogP contribution in [0.4, 0.5) is 0 Å². The molecule has 3 heteroatoms. The van der Waals surface area contributed by atoms with Crippen molar-refractivity contribution in [3.05, 3.63) is 12.2 Å². The first-order valence-electron chi connectivity index (χ1n) is 6.72. The van der Waals surface area contributed by atoms with Crippen LogP contribution in [0.2, 0.25) is 24.7 Å². The van der Waals surface area contributed by atoms with E-state index < -0.39 is 8.07 Å². The van der Waals surface area contributed by atoms with Gasteiger partial charge in [-0.2, -0.15) is 0 Å². The Morgan fingerprint density at radius 3 is 2.35 bits per heavy atom. The predicted molar refractivity (Wildman–Crippen MR) is 71.9 cm³/mol. The van der Waals surface area contributed by atoms with Crippen molar-refractivity contribution in [1.82, 2.24) is 0 Å². The van der Waals surface area contributed by atoms with Crippen molar-refractivity contribution in [2.45, 2.75) is 43.3 Å². The Hall–Kier alpha value is -0.123. The van der Waals surface area contributed by atoms with E-state index in [2.05, 4.69) is 31.8 Å². The lowest BCUT2D eigenvalue weighted by atomic mass is 9.95. The van der Waals surface area contributed by atoms with E-state index in [0.29, 0.717) is 17.1 Å². The molecular formula is C14H24O2Si. The SMILES string of the molecule is CO[C@@H]1[C@H]2C[C@H]3[C@H](C=C[C@H]2OC)[C@@]13[Si](C)(C)C. The molecule has 96 valence electrons. The van der Waals surface area contributed by atoms with Crippen molar-refractivity contribution >= 4 is 8.07 Å². The molecule has 2 fully saturated rings. The molecule has 0 radical (unpaired) electrons. The van der Waals surface area contributed by atoms with Gasteiger partial charge >= 0.3 is 0 Å². The van der Waals surface area contributed by atoms with Crippen LogP contribution < -0.4 is 0 Å². The summed E-state index contributed by atoms with van der Waals surface area (Å²) in [6.45, 7) is 7.53. The second kappa shape index (κ2) is 3.46. The number of hydrogen-bond acceptors (Lipinski definition) is 2. The van der Waals surface area contributed by atoms with Crippen LogP contribution in [0.3, 0.4) is 0 Å². The molecule has 4 rings (SSSR count). The molecule has 0 spiro atoms. The standard InChI is InChI=1S/C14H24O2Si/c1-15-12-7-6-10-11-8-9(12)13(16-2)14(10,11)17(3,4)5/h6-7,9-13H,8H2,1-5H3/t9-,10-,11-,12+,13+,14-/m0/s1. The summed E-state index contributed by atoms with van der Waals surface area (Å²) in [7, 11) is 2.51. The van der Waals surface area contributed by atoms with Gasteiger partial charge in [0.2, 0.25) is 0 Å². The van der Waals surface area contributed by atoms with E-state index in [9.17, 15) is 0 Å². The molecule has 0 aromatic rings. The molecule has 2 nitrogen and oxygen atoms in total. The number of hydrogen-bond donors (Lipinski definition) is 0. The molecule has 0 aromatic carbocycles. The zero-order valence-corrected chi connectivity index (χ0v) is 12.6. The molecule has 0 amide bonds. The molecule has 0 heterocycles. The average Bonchev–Trinajstić information content (AvgIpc) is 2.84. The third-order valence-corrected chi connectivity index (χ3v) is 9.22. The van der Waals surface area contributed by atoms with Gasteiger partial charge in [-0.25, -0.2) is 0 Å². The predicted octanol–water partition coefficient (Wildman–Crippen LogP) is 2.93. The van der Waals surface area contributed by atoms with Crippen molar-refractivity contribution in [2.75, 3.05) is 14.2 Å². The first-order chi connectivity index (χ1) is 7.98. The van der Waals surface area contributed by atoms with Crippen molar-refractivity contribution in [2.24, 2.45) is 17.8 Å². The summed E-state index contributed by atoms with van der Waals surface area (Å²) in [5, 5.41) is 0.496. The van der Waals surface area contributed by atoms with E-state index in [1.54, 1.807) is 0 Å². The number of ether oxygens (including phenoxy) is 2. The lowest BCUT2D eigenvalue weighted by Gasteiger charge is -2.37. The van der Waals surface area contributed by atoms with Gasteiger partial charge in [0.15, 0.2) is 0 Å². The molecule has 17 heavy (non-hydrogen) atoms. The molecule has 0 aliphatic heterocycles. The van der Waals surface area contributed by atoms with Crippen LogP contribution in [-0.2, 0) is 9.47 Å². The number of methoxy groups -OCH3 is 2. The van der Waals surface area contributed by atoms with E-state index in [4.69, 9.17) is 9.47 Å². The van der Waals surface area contributed by atoms with E-state index in [0.717, 1.165) is 11.8 Å². The van der Waals surface area contributed by atoms with Crippen LogP contribution in [0.5, 0.6) is 0 Å². The topological polar surface area (TPSA) is 18.5 Å². The van der Waals surface area contributed by atoms with E-state index >= 15 is 0 Å². The van der Waals surface area contributed by atoms with Crippen LogP contribution in [0.1, 0.15) is 6.42 Å². The molecule has 6 atom stereocenters. The maximum absolute atomic E-state index is 5.96. The summed E-state index contributed by atoms with van der Waals surface area (Å²) in [6, 6.07) is 0. The van der Waals surface area contributed by atoms with Crippen LogP contribution >= 0.6 is 0 Å². The van der Waals surface area contributed by atoms with Gasteiger partial charge in [0.25, 0.3) is 0 Å². The molecule has 4 bridgehead atoms. The lowest BCUT2D eigenvalue weighted by molar-refractivity contribution is -0.00793. The van der Waals surface area contributed by atoms with E-state index in [-0.39, 0.29) is 6.10 Å². The number of rotatable bonds is 3. The van der Waals surface area contributed by atoms with Gasteiger partial charge in [0.1, 0.15) is 0 Å². The van der Waals surface area contributed by atoms with Gasteiger partial charge in [-0.15, -0.1) is 0 Å². The van der Waals surface area contributed by atoms with Crippen LogP contribution in [0.25, 0.3) is 0 Å². The van der Waals surface area contributed by atoms with Crippen molar-refractivity contribution in [1.29, 1.82) is 0 Å². The molecule has 0 unspecified atom stereocenters. The maximum atomic E-state index is 5.96. The molecule has 4 aliphatic carbocycles. The summed E-state index contributed by atoms with van der Waals surface area (Å²) >= 11 is 0. The van der Waals surface area contributed by atoms with Gasteiger partial charge in [-0.1, -0.05) is 31.8 Å². The highest BCUT2D eigenvalue weighted by molar-refractivity contribution is 6.80. The Morgan fingerprint density at radius 2 is 1.82 bits per heavy atom. The molecule has 0 aromatic heterocycles.